The van der Waals surface area contributed by atoms with Crippen molar-refractivity contribution in [1.82, 2.24) is 4.57 Å². The number of ether oxygens (including phenoxy) is 3. The number of fused-ring (bicyclic) bond motifs is 2. The van der Waals surface area contributed by atoms with E-state index in [9.17, 15) is 4.79 Å². The molecule has 6 nitrogen and oxygen atoms in total. The number of hydrogen-bond acceptors (Lipinski definition) is 5. The number of anilines is 1. The maximum Gasteiger partial charge on any atom is 0.340 e. The van der Waals surface area contributed by atoms with Gasteiger partial charge in [-0.1, -0.05) is 24.3 Å². The second-order valence-electron chi connectivity index (χ2n) is 8.98. The third-order valence-corrected chi connectivity index (χ3v) is 7.05. The molecular weight excluding hydrogens is 440 g/mol. The average molecular weight is 471 g/mol. The van der Waals surface area contributed by atoms with Gasteiger partial charge in [0.2, 0.25) is 0 Å². The molecule has 1 atom stereocenters. The molecule has 5 rings (SSSR count). The van der Waals surface area contributed by atoms with Crippen LogP contribution in [0.3, 0.4) is 0 Å². The van der Waals surface area contributed by atoms with Crippen LogP contribution in [0.5, 0.6) is 11.5 Å². The molecule has 0 fully saturated rings. The maximum atomic E-state index is 13.5. The molecule has 1 unspecified atom stereocenters. The fourth-order valence-corrected chi connectivity index (χ4v) is 5.43. The number of benzene rings is 3. The Morgan fingerprint density at radius 1 is 0.971 bits per heavy atom. The lowest BCUT2D eigenvalue weighted by molar-refractivity contribution is 0.0247. The molecule has 0 saturated heterocycles. The number of hydrogen-bond donors (Lipinski definition) is 0. The topological polar surface area (TPSA) is 52.9 Å². The third kappa shape index (κ3) is 3.20. The standard InChI is InChI=1S/C29H30N2O4/c1-7-31-18(2)27(21-10-8-9-11-25(21)31)29(24-15-13-20(33-5)17-26(24)34-6)23-14-12-19(30(3)4)16-22(23)28(32)35-29/h8-17H,7H2,1-6H3. The molecule has 0 spiro atoms. The first-order chi connectivity index (χ1) is 16.9. The summed E-state index contributed by atoms with van der Waals surface area (Å²) in [7, 11) is 7.17. The van der Waals surface area contributed by atoms with Gasteiger partial charge in [-0.2, -0.15) is 0 Å². The lowest BCUT2D eigenvalue weighted by Crippen LogP contribution is -2.31. The number of nitrogens with zero attached hydrogens (tertiary/aromatic N) is 2. The summed E-state index contributed by atoms with van der Waals surface area (Å²) in [4.78, 5) is 15.5. The highest BCUT2D eigenvalue weighted by atomic mass is 16.6. The van der Waals surface area contributed by atoms with Gasteiger partial charge in [0.05, 0.1) is 19.8 Å². The van der Waals surface area contributed by atoms with Crippen molar-refractivity contribution in [2.75, 3.05) is 33.2 Å². The summed E-state index contributed by atoms with van der Waals surface area (Å²) in [6.07, 6.45) is 0. The van der Waals surface area contributed by atoms with Crippen LogP contribution >= 0.6 is 0 Å². The quantitative estimate of drug-likeness (QED) is 0.348. The van der Waals surface area contributed by atoms with Crippen LogP contribution in [0.1, 0.15) is 39.7 Å². The maximum absolute atomic E-state index is 13.5. The van der Waals surface area contributed by atoms with Crippen LogP contribution in [-0.2, 0) is 16.9 Å². The van der Waals surface area contributed by atoms with E-state index in [-0.39, 0.29) is 5.97 Å². The molecule has 0 bridgehead atoms. The monoisotopic (exact) mass is 470 g/mol. The van der Waals surface area contributed by atoms with E-state index in [1.807, 2.05) is 67.5 Å². The first-order valence-corrected chi connectivity index (χ1v) is 11.7. The first-order valence-electron chi connectivity index (χ1n) is 11.7. The Bertz CT molecular complexity index is 1450. The molecule has 6 heteroatoms. The van der Waals surface area contributed by atoms with Gasteiger partial charge in [0.1, 0.15) is 11.5 Å². The zero-order chi connectivity index (χ0) is 24.9. The summed E-state index contributed by atoms with van der Waals surface area (Å²) in [6.45, 7) is 5.01. The fourth-order valence-electron chi connectivity index (χ4n) is 5.43. The highest BCUT2D eigenvalue weighted by Gasteiger charge is 2.52. The van der Waals surface area contributed by atoms with Crippen LogP contribution in [0.2, 0.25) is 0 Å². The van der Waals surface area contributed by atoms with Crippen molar-refractivity contribution in [2.45, 2.75) is 26.0 Å². The van der Waals surface area contributed by atoms with Crippen LogP contribution < -0.4 is 14.4 Å². The Hall–Kier alpha value is -3.93. The number of aromatic nitrogens is 1. The highest BCUT2D eigenvalue weighted by molar-refractivity contribution is 6.00. The number of rotatable bonds is 6. The van der Waals surface area contributed by atoms with Crippen molar-refractivity contribution in [3.05, 3.63) is 88.6 Å². The van der Waals surface area contributed by atoms with E-state index in [0.717, 1.165) is 45.5 Å². The van der Waals surface area contributed by atoms with Gasteiger partial charge in [0.15, 0.2) is 5.60 Å². The molecule has 1 aliphatic heterocycles. The van der Waals surface area contributed by atoms with E-state index in [2.05, 4.69) is 30.5 Å². The largest absolute Gasteiger partial charge is 0.497 e. The second kappa shape index (κ2) is 8.38. The number of carbonyl (C=O) groups is 1. The summed E-state index contributed by atoms with van der Waals surface area (Å²) in [5.74, 6) is 0.907. The molecule has 1 aliphatic rings. The van der Waals surface area contributed by atoms with Crippen LogP contribution in [-0.4, -0.2) is 38.9 Å². The number of carbonyl (C=O) groups excluding carboxylic acids is 1. The predicted octanol–water partition coefficient (Wildman–Crippen LogP) is 5.52. The summed E-state index contributed by atoms with van der Waals surface area (Å²) in [5, 5.41) is 1.04. The smallest absolute Gasteiger partial charge is 0.340 e. The van der Waals surface area contributed by atoms with Crippen molar-refractivity contribution < 1.29 is 19.0 Å². The van der Waals surface area contributed by atoms with Gasteiger partial charge >= 0.3 is 5.97 Å². The van der Waals surface area contributed by atoms with Gasteiger partial charge in [0, 0.05) is 65.7 Å². The molecule has 2 heterocycles. The number of cyclic esters (lactones) is 1. The van der Waals surface area contributed by atoms with Gasteiger partial charge in [-0.05, 0) is 44.2 Å². The minimum absolute atomic E-state index is 0.352. The number of esters is 1. The molecule has 0 saturated carbocycles. The average Bonchev–Trinajstić information content (AvgIpc) is 3.33. The molecule has 1 aromatic heterocycles. The van der Waals surface area contributed by atoms with Crippen molar-refractivity contribution in [1.29, 1.82) is 0 Å². The van der Waals surface area contributed by atoms with E-state index in [1.165, 1.54) is 0 Å². The van der Waals surface area contributed by atoms with E-state index >= 15 is 0 Å². The molecule has 3 aromatic carbocycles. The molecular formula is C29H30N2O4. The molecule has 35 heavy (non-hydrogen) atoms. The van der Waals surface area contributed by atoms with Crippen molar-refractivity contribution in [3.63, 3.8) is 0 Å². The minimum Gasteiger partial charge on any atom is -0.497 e. The third-order valence-electron chi connectivity index (χ3n) is 7.05. The van der Waals surface area contributed by atoms with Crippen molar-refractivity contribution >= 4 is 22.6 Å². The summed E-state index contributed by atoms with van der Waals surface area (Å²) in [6, 6.07) is 19.9. The molecule has 0 N–H and O–H groups in total. The van der Waals surface area contributed by atoms with Gasteiger partial charge in [0.25, 0.3) is 0 Å². The zero-order valence-corrected chi connectivity index (χ0v) is 21.0. The van der Waals surface area contributed by atoms with Crippen LogP contribution in [0, 0.1) is 6.92 Å². The Morgan fingerprint density at radius 3 is 2.40 bits per heavy atom. The SMILES string of the molecule is CCn1c(C)c(C2(c3ccc(OC)cc3OC)OC(=O)c3cc(N(C)C)ccc32)c2ccccc21. The predicted molar refractivity (Wildman–Crippen MR) is 138 cm³/mol. The van der Waals surface area contributed by atoms with Crippen molar-refractivity contribution in [2.24, 2.45) is 0 Å². The molecule has 0 amide bonds. The van der Waals surface area contributed by atoms with Gasteiger partial charge < -0.3 is 23.7 Å². The van der Waals surface area contributed by atoms with Crippen molar-refractivity contribution in [3.8, 4) is 11.5 Å². The summed E-state index contributed by atoms with van der Waals surface area (Å²) in [5.41, 5.74) is 4.97. The van der Waals surface area contributed by atoms with Gasteiger partial charge in [-0.3, -0.25) is 0 Å². The van der Waals surface area contributed by atoms with Gasteiger partial charge in [-0.15, -0.1) is 0 Å². The number of para-hydroxylation sites is 1. The Balaban J connectivity index is 1.94. The lowest BCUT2D eigenvalue weighted by atomic mass is 9.78. The van der Waals surface area contributed by atoms with E-state index in [1.54, 1.807) is 14.2 Å². The number of methoxy groups -OCH3 is 2. The first kappa shape index (κ1) is 22.8. The molecule has 0 aliphatic carbocycles. The molecule has 4 aromatic rings. The fraction of sp³-hybridized carbons (Fsp3) is 0.276. The minimum atomic E-state index is -1.18. The van der Waals surface area contributed by atoms with E-state index < -0.39 is 5.60 Å². The van der Waals surface area contributed by atoms with Crippen LogP contribution in [0.25, 0.3) is 10.9 Å². The lowest BCUT2D eigenvalue weighted by Gasteiger charge is -2.32. The highest BCUT2D eigenvalue weighted by Crippen LogP contribution is 2.53. The Kier molecular flexibility index (Phi) is 5.47. The Morgan fingerprint density at radius 2 is 1.71 bits per heavy atom. The Labute approximate surface area is 205 Å². The normalized spacial score (nSPS) is 16.8. The van der Waals surface area contributed by atoms with Crippen LogP contribution in [0.4, 0.5) is 5.69 Å². The van der Waals surface area contributed by atoms with E-state index in [0.29, 0.717) is 17.1 Å². The molecule has 0 radical (unpaired) electrons. The summed E-state index contributed by atoms with van der Waals surface area (Å²) < 4.78 is 20.1. The van der Waals surface area contributed by atoms with Crippen LogP contribution in [0.15, 0.2) is 60.7 Å². The zero-order valence-electron chi connectivity index (χ0n) is 21.0. The van der Waals surface area contributed by atoms with E-state index in [4.69, 9.17) is 14.2 Å². The summed E-state index contributed by atoms with van der Waals surface area (Å²) >= 11 is 0. The van der Waals surface area contributed by atoms with Gasteiger partial charge in [-0.25, -0.2) is 4.79 Å². The second-order valence-corrected chi connectivity index (χ2v) is 8.98. The molecule has 180 valence electrons. The number of aryl methyl sites for hydroxylation is 1.